The molecule has 0 aromatic carbocycles. The minimum Gasteiger partial charge on any atom is -0.478 e. The standard InChI is InChI=1S/C11H8ClN3O2/c12-7-4-9(11(16)17)10(14-5-7)15-8-2-1-3-13-6-8/h1-6H,(H,14,15)(H,16,17). The SMILES string of the molecule is O=C(O)c1cc(Cl)cnc1Nc1cccnc1. The average molecular weight is 250 g/mol. The highest BCUT2D eigenvalue weighted by molar-refractivity contribution is 6.30. The Morgan fingerprint density at radius 1 is 1.41 bits per heavy atom. The summed E-state index contributed by atoms with van der Waals surface area (Å²) in [5.41, 5.74) is 0.672. The van der Waals surface area contributed by atoms with Crippen LogP contribution < -0.4 is 5.32 Å². The van der Waals surface area contributed by atoms with Crippen LogP contribution in [0.5, 0.6) is 0 Å². The maximum absolute atomic E-state index is 11.0. The number of pyridine rings is 2. The zero-order valence-corrected chi connectivity index (χ0v) is 9.35. The third kappa shape index (κ3) is 2.70. The smallest absolute Gasteiger partial charge is 0.339 e. The molecule has 2 aromatic rings. The first kappa shape index (κ1) is 11.3. The zero-order valence-electron chi connectivity index (χ0n) is 8.59. The average Bonchev–Trinajstić information content (AvgIpc) is 2.32. The predicted molar refractivity (Wildman–Crippen MR) is 63.7 cm³/mol. The highest BCUT2D eigenvalue weighted by Gasteiger charge is 2.12. The Balaban J connectivity index is 2.36. The van der Waals surface area contributed by atoms with Crippen LogP contribution in [0.4, 0.5) is 11.5 Å². The summed E-state index contributed by atoms with van der Waals surface area (Å²) in [7, 11) is 0. The van der Waals surface area contributed by atoms with Crippen LogP contribution in [0.3, 0.4) is 0 Å². The van der Waals surface area contributed by atoms with E-state index in [0.717, 1.165) is 0 Å². The van der Waals surface area contributed by atoms with Crippen LogP contribution in [0.2, 0.25) is 5.02 Å². The molecular weight excluding hydrogens is 242 g/mol. The van der Waals surface area contributed by atoms with Crippen molar-refractivity contribution in [3.8, 4) is 0 Å². The molecule has 0 bridgehead atoms. The molecule has 86 valence electrons. The number of carboxylic acid groups (broad SMARTS) is 1. The van der Waals surface area contributed by atoms with E-state index >= 15 is 0 Å². The molecule has 0 saturated carbocycles. The van der Waals surface area contributed by atoms with E-state index in [1.807, 2.05) is 0 Å². The molecule has 0 saturated heterocycles. The lowest BCUT2D eigenvalue weighted by Crippen LogP contribution is -2.04. The lowest BCUT2D eigenvalue weighted by Gasteiger charge is -2.07. The zero-order chi connectivity index (χ0) is 12.3. The van der Waals surface area contributed by atoms with Crippen molar-refractivity contribution in [2.75, 3.05) is 5.32 Å². The van der Waals surface area contributed by atoms with Crippen molar-refractivity contribution in [3.05, 3.63) is 47.4 Å². The monoisotopic (exact) mass is 249 g/mol. The van der Waals surface area contributed by atoms with Crippen LogP contribution in [-0.2, 0) is 0 Å². The van der Waals surface area contributed by atoms with Gasteiger partial charge in [-0.25, -0.2) is 9.78 Å². The van der Waals surface area contributed by atoms with Gasteiger partial charge in [-0.3, -0.25) is 4.98 Å². The number of carbonyl (C=O) groups is 1. The largest absolute Gasteiger partial charge is 0.478 e. The van der Waals surface area contributed by atoms with Crippen LogP contribution in [0.1, 0.15) is 10.4 Å². The van der Waals surface area contributed by atoms with Gasteiger partial charge in [0.05, 0.1) is 16.9 Å². The number of aromatic nitrogens is 2. The Labute approximate surface area is 102 Å². The lowest BCUT2D eigenvalue weighted by atomic mass is 10.2. The first-order valence-electron chi connectivity index (χ1n) is 4.72. The molecule has 5 nitrogen and oxygen atoms in total. The molecule has 6 heteroatoms. The van der Waals surface area contributed by atoms with Crippen molar-refractivity contribution in [1.82, 2.24) is 9.97 Å². The maximum atomic E-state index is 11.0. The Morgan fingerprint density at radius 2 is 2.24 bits per heavy atom. The molecule has 0 aliphatic carbocycles. The van der Waals surface area contributed by atoms with Gasteiger partial charge in [-0.05, 0) is 18.2 Å². The van der Waals surface area contributed by atoms with Gasteiger partial charge in [0, 0.05) is 12.4 Å². The van der Waals surface area contributed by atoms with Gasteiger partial charge in [0.15, 0.2) is 0 Å². The summed E-state index contributed by atoms with van der Waals surface area (Å²) < 4.78 is 0. The molecule has 0 aliphatic heterocycles. The first-order valence-corrected chi connectivity index (χ1v) is 5.10. The normalized spacial score (nSPS) is 9.94. The third-order valence-electron chi connectivity index (χ3n) is 2.01. The summed E-state index contributed by atoms with van der Waals surface area (Å²) in [6.45, 7) is 0. The van der Waals surface area contributed by atoms with Gasteiger partial charge in [0.1, 0.15) is 11.4 Å². The van der Waals surface area contributed by atoms with Crippen molar-refractivity contribution in [2.45, 2.75) is 0 Å². The van der Waals surface area contributed by atoms with Gasteiger partial charge in [0.25, 0.3) is 0 Å². The second-order valence-corrected chi connectivity index (χ2v) is 3.66. The van der Waals surface area contributed by atoms with Gasteiger partial charge >= 0.3 is 5.97 Å². The summed E-state index contributed by atoms with van der Waals surface area (Å²) in [6.07, 6.45) is 4.58. The molecule has 2 N–H and O–H groups in total. The molecular formula is C11H8ClN3O2. The Hall–Kier alpha value is -2.14. The van der Waals surface area contributed by atoms with Crippen molar-refractivity contribution in [1.29, 1.82) is 0 Å². The van der Waals surface area contributed by atoms with Crippen molar-refractivity contribution < 1.29 is 9.90 Å². The molecule has 0 atom stereocenters. The summed E-state index contributed by atoms with van der Waals surface area (Å²) in [5, 5.41) is 12.2. The number of aromatic carboxylic acids is 1. The van der Waals surface area contributed by atoms with Gasteiger partial charge in [-0.2, -0.15) is 0 Å². The highest BCUT2D eigenvalue weighted by atomic mass is 35.5. The van der Waals surface area contributed by atoms with E-state index in [9.17, 15) is 4.79 Å². The molecule has 2 rings (SSSR count). The van der Waals surface area contributed by atoms with E-state index in [1.54, 1.807) is 24.5 Å². The summed E-state index contributed by atoms with van der Waals surface area (Å²) in [5.74, 6) is -0.860. The van der Waals surface area contributed by atoms with Gasteiger partial charge in [0.2, 0.25) is 0 Å². The number of rotatable bonds is 3. The van der Waals surface area contributed by atoms with Crippen LogP contribution >= 0.6 is 11.6 Å². The third-order valence-corrected chi connectivity index (χ3v) is 2.22. The molecule has 0 spiro atoms. The summed E-state index contributed by atoms with van der Waals surface area (Å²) in [4.78, 5) is 18.9. The lowest BCUT2D eigenvalue weighted by molar-refractivity contribution is 0.0697. The fourth-order valence-corrected chi connectivity index (χ4v) is 1.43. The van der Waals surface area contributed by atoms with E-state index in [-0.39, 0.29) is 16.4 Å². The number of nitrogens with one attached hydrogen (secondary N) is 1. The molecule has 2 heterocycles. The van der Waals surface area contributed by atoms with Crippen molar-refractivity contribution in [3.63, 3.8) is 0 Å². The van der Waals surface area contributed by atoms with E-state index in [1.165, 1.54) is 12.3 Å². The van der Waals surface area contributed by atoms with Gasteiger partial charge < -0.3 is 10.4 Å². The molecule has 0 fully saturated rings. The van der Waals surface area contributed by atoms with Crippen molar-refractivity contribution >= 4 is 29.1 Å². The van der Waals surface area contributed by atoms with E-state index in [0.29, 0.717) is 5.69 Å². The quantitative estimate of drug-likeness (QED) is 0.874. The first-order chi connectivity index (χ1) is 8.16. The Morgan fingerprint density at radius 3 is 2.88 bits per heavy atom. The molecule has 0 unspecified atom stereocenters. The number of halogens is 1. The summed E-state index contributed by atoms with van der Waals surface area (Å²) >= 11 is 5.70. The Bertz CT molecular complexity index is 546. The van der Waals surface area contributed by atoms with E-state index in [2.05, 4.69) is 15.3 Å². The molecule has 2 aromatic heterocycles. The van der Waals surface area contributed by atoms with Gasteiger partial charge in [-0.15, -0.1) is 0 Å². The minimum atomic E-state index is -1.09. The molecule has 17 heavy (non-hydrogen) atoms. The number of carboxylic acids is 1. The Kier molecular flexibility index (Phi) is 3.20. The second-order valence-electron chi connectivity index (χ2n) is 3.22. The summed E-state index contributed by atoms with van der Waals surface area (Å²) in [6, 6.07) is 4.84. The highest BCUT2D eigenvalue weighted by Crippen LogP contribution is 2.20. The van der Waals surface area contributed by atoms with Crippen molar-refractivity contribution in [2.24, 2.45) is 0 Å². The molecule has 0 radical (unpaired) electrons. The maximum Gasteiger partial charge on any atom is 0.339 e. The number of hydrogen-bond acceptors (Lipinski definition) is 4. The van der Waals surface area contributed by atoms with Crippen LogP contribution in [0.15, 0.2) is 36.8 Å². The number of nitrogens with zero attached hydrogens (tertiary/aromatic N) is 2. The number of hydrogen-bond donors (Lipinski definition) is 2. The van der Waals surface area contributed by atoms with Crippen LogP contribution in [-0.4, -0.2) is 21.0 Å². The second kappa shape index (κ2) is 4.80. The molecule has 0 amide bonds. The molecule has 0 aliphatic rings. The van der Waals surface area contributed by atoms with Gasteiger partial charge in [-0.1, -0.05) is 11.6 Å². The fourth-order valence-electron chi connectivity index (χ4n) is 1.28. The van der Waals surface area contributed by atoms with E-state index in [4.69, 9.17) is 16.7 Å². The topological polar surface area (TPSA) is 75.1 Å². The predicted octanol–water partition coefficient (Wildman–Crippen LogP) is 2.57. The number of anilines is 2. The minimum absolute atomic E-state index is 0.0151. The fraction of sp³-hybridized carbons (Fsp3) is 0. The van der Waals surface area contributed by atoms with E-state index < -0.39 is 5.97 Å². The van der Waals surface area contributed by atoms with Crippen LogP contribution in [0.25, 0.3) is 0 Å². The van der Waals surface area contributed by atoms with Crippen LogP contribution in [0, 0.1) is 0 Å².